The molecule has 0 aliphatic heterocycles. The number of benzene rings is 2. The standard InChI is InChI=1S/C15H13BrF2N2O/c1-8(9-2-4-10(16)5-3-9)20-15(21)13-11(17)6-7-12(19)14(13)18/h2-8H,19H2,1H3,(H,20,21)/t8-/m1/s1. The molecule has 0 spiro atoms. The van der Waals surface area contributed by atoms with Gasteiger partial charge in [0.2, 0.25) is 0 Å². The number of halogens is 3. The molecule has 3 nitrogen and oxygen atoms in total. The second kappa shape index (κ2) is 6.22. The summed E-state index contributed by atoms with van der Waals surface area (Å²) in [6.07, 6.45) is 0. The van der Waals surface area contributed by atoms with Gasteiger partial charge in [-0.1, -0.05) is 28.1 Å². The van der Waals surface area contributed by atoms with E-state index in [0.29, 0.717) is 0 Å². The zero-order chi connectivity index (χ0) is 15.6. The minimum absolute atomic E-state index is 0.266. The van der Waals surface area contributed by atoms with E-state index in [1.54, 1.807) is 19.1 Å². The summed E-state index contributed by atoms with van der Waals surface area (Å²) in [5.74, 6) is -2.83. The predicted octanol–water partition coefficient (Wildman–Crippen LogP) is 3.80. The molecule has 0 aromatic heterocycles. The molecule has 0 aliphatic carbocycles. The lowest BCUT2D eigenvalue weighted by Crippen LogP contribution is -2.28. The Kier molecular flexibility index (Phi) is 4.57. The molecule has 0 radical (unpaired) electrons. The van der Waals surface area contributed by atoms with Crippen molar-refractivity contribution in [3.05, 3.63) is 63.6 Å². The van der Waals surface area contributed by atoms with Gasteiger partial charge in [-0.15, -0.1) is 0 Å². The first-order chi connectivity index (χ1) is 9.90. The Morgan fingerprint density at radius 1 is 1.19 bits per heavy atom. The van der Waals surface area contributed by atoms with E-state index >= 15 is 0 Å². The highest BCUT2D eigenvalue weighted by Gasteiger charge is 2.21. The second-order valence-electron chi connectivity index (χ2n) is 4.57. The molecule has 0 aliphatic rings. The number of anilines is 1. The van der Waals surface area contributed by atoms with Crippen molar-refractivity contribution in [3.8, 4) is 0 Å². The highest BCUT2D eigenvalue weighted by molar-refractivity contribution is 9.10. The van der Waals surface area contributed by atoms with Gasteiger partial charge in [0.1, 0.15) is 11.4 Å². The molecule has 1 atom stereocenters. The molecule has 0 heterocycles. The number of nitrogens with two attached hydrogens (primary N) is 1. The van der Waals surface area contributed by atoms with Gasteiger partial charge < -0.3 is 11.1 Å². The fourth-order valence-corrected chi connectivity index (χ4v) is 2.14. The maximum atomic E-state index is 13.8. The molecule has 0 fully saturated rings. The van der Waals surface area contributed by atoms with Crippen LogP contribution in [0.25, 0.3) is 0 Å². The van der Waals surface area contributed by atoms with E-state index in [4.69, 9.17) is 5.73 Å². The Labute approximate surface area is 129 Å². The van der Waals surface area contributed by atoms with Crippen molar-refractivity contribution < 1.29 is 13.6 Å². The van der Waals surface area contributed by atoms with E-state index < -0.39 is 29.1 Å². The van der Waals surface area contributed by atoms with Gasteiger partial charge in [-0.25, -0.2) is 8.78 Å². The van der Waals surface area contributed by atoms with Gasteiger partial charge in [0.05, 0.1) is 11.7 Å². The molecule has 1 amide bonds. The van der Waals surface area contributed by atoms with Gasteiger partial charge in [-0.3, -0.25) is 4.79 Å². The maximum Gasteiger partial charge on any atom is 0.257 e. The molecule has 2 rings (SSSR count). The number of hydrogen-bond acceptors (Lipinski definition) is 2. The predicted molar refractivity (Wildman–Crippen MR) is 80.8 cm³/mol. The lowest BCUT2D eigenvalue weighted by Gasteiger charge is -2.15. The molecule has 0 saturated carbocycles. The van der Waals surface area contributed by atoms with Crippen molar-refractivity contribution in [1.29, 1.82) is 0 Å². The van der Waals surface area contributed by atoms with Crippen LogP contribution >= 0.6 is 15.9 Å². The Morgan fingerprint density at radius 2 is 1.81 bits per heavy atom. The van der Waals surface area contributed by atoms with Gasteiger partial charge in [-0.05, 0) is 36.8 Å². The molecule has 110 valence electrons. The summed E-state index contributed by atoms with van der Waals surface area (Å²) in [6.45, 7) is 1.73. The topological polar surface area (TPSA) is 55.1 Å². The van der Waals surface area contributed by atoms with Gasteiger partial charge >= 0.3 is 0 Å². The summed E-state index contributed by atoms with van der Waals surface area (Å²) in [4.78, 5) is 12.0. The van der Waals surface area contributed by atoms with Crippen LogP contribution in [0.2, 0.25) is 0 Å². The van der Waals surface area contributed by atoms with Crippen LogP contribution in [0, 0.1) is 11.6 Å². The molecule has 6 heteroatoms. The minimum atomic E-state index is -1.05. The number of nitrogens with one attached hydrogen (secondary N) is 1. The molecule has 0 saturated heterocycles. The number of rotatable bonds is 3. The van der Waals surface area contributed by atoms with Crippen LogP contribution in [-0.4, -0.2) is 5.91 Å². The fraction of sp³-hybridized carbons (Fsp3) is 0.133. The summed E-state index contributed by atoms with van der Waals surface area (Å²) in [5.41, 5.74) is 5.24. The van der Waals surface area contributed by atoms with Gasteiger partial charge in [-0.2, -0.15) is 0 Å². The molecule has 0 unspecified atom stereocenters. The number of carbonyl (C=O) groups is 1. The van der Waals surface area contributed by atoms with Crippen LogP contribution in [-0.2, 0) is 0 Å². The average molecular weight is 355 g/mol. The van der Waals surface area contributed by atoms with Crippen LogP contribution in [0.15, 0.2) is 40.9 Å². The third-order valence-electron chi connectivity index (χ3n) is 3.07. The number of nitrogen functional groups attached to an aromatic ring is 1. The number of hydrogen-bond donors (Lipinski definition) is 2. The first-order valence-corrected chi connectivity index (χ1v) is 6.99. The van der Waals surface area contributed by atoms with Crippen LogP contribution in [0.1, 0.15) is 28.9 Å². The van der Waals surface area contributed by atoms with Crippen LogP contribution in [0.4, 0.5) is 14.5 Å². The Morgan fingerprint density at radius 3 is 2.43 bits per heavy atom. The van der Waals surface area contributed by atoms with Crippen molar-refractivity contribution in [3.63, 3.8) is 0 Å². The Balaban J connectivity index is 2.22. The largest absolute Gasteiger partial charge is 0.396 e. The first kappa shape index (κ1) is 15.4. The Hall–Kier alpha value is -1.95. The summed E-state index contributed by atoms with van der Waals surface area (Å²) in [7, 11) is 0. The van der Waals surface area contributed by atoms with Crippen LogP contribution in [0.3, 0.4) is 0 Å². The molecule has 2 aromatic carbocycles. The van der Waals surface area contributed by atoms with Crippen molar-refractivity contribution in [2.45, 2.75) is 13.0 Å². The summed E-state index contributed by atoms with van der Waals surface area (Å²) in [6, 6.07) is 8.91. The van der Waals surface area contributed by atoms with Crippen LogP contribution in [0.5, 0.6) is 0 Å². The third kappa shape index (κ3) is 3.39. The summed E-state index contributed by atoms with van der Waals surface area (Å²) in [5, 5.41) is 2.55. The first-order valence-electron chi connectivity index (χ1n) is 6.20. The summed E-state index contributed by atoms with van der Waals surface area (Å²) >= 11 is 3.31. The third-order valence-corrected chi connectivity index (χ3v) is 3.59. The lowest BCUT2D eigenvalue weighted by atomic mass is 10.1. The molecular weight excluding hydrogens is 342 g/mol. The van der Waals surface area contributed by atoms with Crippen molar-refractivity contribution in [1.82, 2.24) is 5.32 Å². The number of amides is 1. The fourth-order valence-electron chi connectivity index (χ4n) is 1.88. The van der Waals surface area contributed by atoms with Crippen molar-refractivity contribution in [2.24, 2.45) is 0 Å². The maximum absolute atomic E-state index is 13.8. The molecular formula is C15H13BrF2N2O. The Bertz CT molecular complexity index is 674. The molecule has 2 aromatic rings. The van der Waals surface area contributed by atoms with Crippen LogP contribution < -0.4 is 11.1 Å². The van der Waals surface area contributed by atoms with Crippen molar-refractivity contribution in [2.75, 3.05) is 5.73 Å². The van der Waals surface area contributed by atoms with E-state index in [0.717, 1.165) is 22.2 Å². The van der Waals surface area contributed by atoms with Gasteiger partial charge in [0.25, 0.3) is 5.91 Å². The molecule has 0 bridgehead atoms. The highest BCUT2D eigenvalue weighted by atomic mass is 79.9. The molecule has 21 heavy (non-hydrogen) atoms. The van der Waals surface area contributed by atoms with E-state index in [-0.39, 0.29) is 5.69 Å². The summed E-state index contributed by atoms with van der Waals surface area (Å²) < 4.78 is 28.3. The number of carbonyl (C=O) groups excluding carboxylic acids is 1. The van der Waals surface area contributed by atoms with Gasteiger partial charge in [0.15, 0.2) is 5.82 Å². The second-order valence-corrected chi connectivity index (χ2v) is 5.49. The monoisotopic (exact) mass is 354 g/mol. The minimum Gasteiger partial charge on any atom is -0.396 e. The SMILES string of the molecule is C[C@@H](NC(=O)c1c(F)ccc(N)c1F)c1ccc(Br)cc1. The zero-order valence-corrected chi connectivity index (χ0v) is 12.7. The quantitative estimate of drug-likeness (QED) is 0.823. The van der Waals surface area contributed by atoms with Gasteiger partial charge in [0, 0.05) is 4.47 Å². The van der Waals surface area contributed by atoms with E-state index in [1.807, 2.05) is 12.1 Å². The average Bonchev–Trinajstić information content (AvgIpc) is 2.44. The van der Waals surface area contributed by atoms with E-state index in [1.165, 1.54) is 0 Å². The van der Waals surface area contributed by atoms with E-state index in [9.17, 15) is 13.6 Å². The lowest BCUT2D eigenvalue weighted by molar-refractivity contribution is 0.0931. The normalized spacial score (nSPS) is 12.0. The highest BCUT2D eigenvalue weighted by Crippen LogP contribution is 2.21. The zero-order valence-electron chi connectivity index (χ0n) is 11.2. The smallest absolute Gasteiger partial charge is 0.257 e. The molecule has 3 N–H and O–H groups in total. The van der Waals surface area contributed by atoms with E-state index in [2.05, 4.69) is 21.2 Å². The van der Waals surface area contributed by atoms with Crippen molar-refractivity contribution >= 4 is 27.5 Å².